The van der Waals surface area contributed by atoms with Gasteiger partial charge in [-0.2, -0.15) is 0 Å². The van der Waals surface area contributed by atoms with E-state index in [4.69, 9.17) is 66.3 Å². The highest BCUT2D eigenvalue weighted by atomic mass is 35.5. The number of hydrogen-bond donors (Lipinski definition) is 7. The predicted molar refractivity (Wildman–Crippen MR) is 469 cm³/mol. The van der Waals surface area contributed by atoms with Gasteiger partial charge >= 0.3 is 30.1 Å². The Morgan fingerprint density at radius 2 is 1.17 bits per heavy atom. The number of likely N-dealkylation sites (tertiary alicyclic amines) is 1. The fourth-order valence-electron chi connectivity index (χ4n) is 11.2. The highest BCUT2D eigenvalue weighted by Gasteiger charge is 2.32. The lowest BCUT2D eigenvalue weighted by molar-refractivity contribution is -0.142. The van der Waals surface area contributed by atoms with Gasteiger partial charge in [-0.3, -0.25) is 33.6 Å². The molecule has 0 bridgehead atoms. The molecular formula is C86H146Cl4N8O17. The van der Waals surface area contributed by atoms with Gasteiger partial charge in [0.15, 0.2) is 5.78 Å². The van der Waals surface area contributed by atoms with Crippen LogP contribution in [0, 0.1) is 42.4 Å². The van der Waals surface area contributed by atoms with Crippen LogP contribution in [-0.2, 0) is 58.9 Å². The number of aliphatic hydroxyl groups is 1. The third-order valence-electron chi connectivity index (χ3n) is 18.3. The molecule has 0 aliphatic carbocycles. The third-order valence-corrected chi connectivity index (χ3v) is 18.5. The second-order valence-corrected chi connectivity index (χ2v) is 30.3. The van der Waals surface area contributed by atoms with E-state index in [1.165, 1.54) is 59.4 Å². The number of alkyl halides is 2. The molecule has 0 radical (unpaired) electrons. The van der Waals surface area contributed by atoms with E-state index in [1.807, 2.05) is 140 Å². The summed E-state index contributed by atoms with van der Waals surface area (Å²) in [7, 11) is 5.31. The number of carbonyl (C=O) groups is 9. The van der Waals surface area contributed by atoms with E-state index in [2.05, 4.69) is 81.5 Å². The number of rotatable bonds is 19. The van der Waals surface area contributed by atoms with Gasteiger partial charge in [0.1, 0.15) is 29.9 Å². The molecule has 5 heterocycles. The summed E-state index contributed by atoms with van der Waals surface area (Å²) in [5.74, 6) is 1.57. The summed E-state index contributed by atoms with van der Waals surface area (Å²) in [6, 6.07) is 26.3. The summed E-state index contributed by atoms with van der Waals surface area (Å²) in [4.78, 5) is 106. The van der Waals surface area contributed by atoms with Crippen molar-refractivity contribution in [3.63, 3.8) is 0 Å². The number of hydrogen-bond acceptors (Lipinski definition) is 21. The highest BCUT2D eigenvalue weighted by molar-refractivity contribution is 6.63. The molecule has 25 nitrogen and oxygen atoms in total. The molecule has 3 aromatic rings. The average molecular weight is 1710 g/mol. The molecule has 8 rings (SSSR count). The quantitative estimate of drug-likeness (QED) is 0.0193. The largest absolute Gasteiger partial charge is 0.508 e. The number of nitrogens with one attached hydrogen (secondary N) is 3. The summed E-state index contributed by atoms with van der Waals surface area (Å²) < 4.78 is 30.5. The second-order valence-electron chi connectivity index (χ2n) is 29.1. The van der Waals surface area contributed by atoms with Gasteiger partial charge in [-0.15, -0.1) is 48.4 Å². The number of ketones is 2. The maximum absolute atomic E-state index is 12.3. The molecule has 0 saturated carbocycles. The van der Waals surface area contributed by atoms with Gasteiger partial charge in [0.05, 0.1) is 52.1 Å². The van der Waals surface area contributed by atoms with Crippen LogP contribution in [0.2, 0.25) is 0 Å². The minimum absolute atomic E-state index is 0. The van der Waals surface area contributed by atoms with Crippen LogP contribution in [0.1, 0.15) is 207 Å². The van der Waals surface area contributed by atoms with Gasteiger partial charge < -0.3 is 80.3 Å². The molecule has 5 aliphatic rings. The number of aryl methyl sites for hydroxylation is 1. The van der Waals surface area contributed by atoms with Crippen LogP contribution in [0.4, 0.5) is 21.0 Å². The molecule has 0 aromatic heterocycles. The lowest BCUT2D eigenvalue weighted by Crippen LogP contribution is -2.55. The number of Topliss-reactive ketones (excluding diaryl/α,β-unsaturated/α-hetero) is 2. The van der Waals surface area contributed by atoms with Crippen molar-refractivity contribution >= 4 is 111 Å². The monoisotopic (exact) mass is 1700 g/mol. The molecule has 3 amide bonds. The summed E-state index contributed by atoms with van der Waals surface area (Å²) in [6.45, 7) is 39.2. The highest BCUT2D eigenvalue weighted by Crippen LogP contribution is 2.28. The fourth-order valence-corrected chi connectivity index (χ4v) is 11.3. The van der Waals surface area contributed by atoms with E-state index in [-0.39, 0.29) is 113 Å². The molecule has 5 saturated heterocycles. The molecule has 7 atom stereocenters. The van der Waals surface area contributed by atoms with Gasteiger partial charge in [-0.05, 0) is 172 Å². The van der Waals surface area contributed by atoms with E-state index < -0.39 is 11.6 Å². The van der Waals surface area contributed by atoms with Crippen LogP contribution >= 0.6 is 47.2 Å². The van der Waals surface area contributed by atoms with Crippen LogP contribution in [0.3, 0.4) is 0 Å². The number of halogens is 4. The minimum Gasteiger partial charge on any atom is -0.508 e. The normalized spacial score (nSPS) is 17.6. The van der Waals surface area contributed by atoms with E-state index in [1.54, 1.807) is 20.1 Å². The number of aliphatic hydroxyl groups excluding tert-OH is 1. The number of piperidine rings is 3. The number of phenolic OH excluding ortho intramolecular Hbond substituents is 1. The Bertz CT molecular complexity index is 3140. The van der Waals surface area contributed by atoms with E-state index >= 15 is 0 Å². The zero-order valence-corrected chi connectivity index (χ0v) is 75.7. The first-order valence-corrected chi connectivity index (χ1v) is 41.3. The standard InChI is InChI=1S/C18H28N2O3.C12H18N2O.C12H23NO2.C9H9ClO.C9H16O3.C7H11NO2.C7H15N.C5H10O2.C3H7NO2.C2H2.CH2Cl2.CH4O.ClH/c1-6-14-13-19(17(21)23-18(2,3)4)10-11-20(14)15-8-7-9-16(12-15)22-5;1-2-10-9-13-6-7-14(10)11-4-3-5-12(15)8-11;1-5-10-7-6-8-13(9-10)11(14)15-12(2,3)4;10-9(11)7-6-8-4-2-1-3-5-8;1-4-7(2)8(10)5-6-9(11)12-3;1-2-5-3-6(9)4-8-7(5)10;1-2-7-4-3-5-8-6-7;1-3-4(2)5(6)7;1-6-3(5)2-4;1-2;2-1-3;1-2;/h7-9,12,14H,6,10-11,13H2,1-5H3;3-5,8,10,13,15H,2,6-7,9H2,1H3;10H,5-9H2,1-4H3;1-5H,6-7H2;7H,4-6H2,1-3H3;5H,2-4H2,1H3,(H,8,10);7-8H,2-6H2,1H3;4H,3H2,1-2H3,(H,6,7);2,4H2,1H3;1-2H;1H2;2H,1H3;1H/i;;;;;;;;;1D;;;. The number of phenols is 1. The predicted octanol–water partition coefficient (Wildman–Crippen LogP) is 15.5. The molecule has 8 N–H and O–H groups in total. The van der Waals surface area contributed by atoms with Crippen LogP contribution in [0.15, 0.2) is 78.9 Å². The summed E-state index contributed by atoms with van der Waals surface area (Å²) >= 11 is 14.7. The van der Waals surface area contributed by atoms with Crippen molar-refractivity contribution < 1.29 is 83.5 Å². The summed E-state index contributed by atoms with van der Waals surface area (Å²) in [5.41, 5.74) is 7.39. The Morgan fingerprint density at radius 3 is 1.59 bits per heavy atom. The maximum atomic E-state index is 12.3. The molecule has 3 aromatic carbocycles. The van der Waals surface area contributed by atoms with E-state index in [9.17, 15) is 48.3 Å². The van der Waals surface area contributed by atoms with Crippen molar-refractivity contribution in [3.8, 4) is 24.3 Å². The molecular weight excluding hydrogens is 1560 g/mol. The molecule has 115 heavy (non-hydrogen) atoms. The number of anilines is 2. The first-order chi connectivity index (χ1) is 54.5. The van der Waals surface area contributed by atoms with Crippen molar-refractivity contribution in [2.24, 2.45) is 35.3 Å². The summed E-state index contributed by atoms with van der Waals surface area (Å²) in [6.07, 6.45) is 19.6. The van der Waals surface area contributed by atoms with Crippen LogP contribution in [-0.4, -0.2) is 214 Å². The van der Waals surface area contributed by atoms with Crippen LogP contribution in [0.5, 0.6) is 11.5 Å². The number of methoxy groups -OCH3 is 3. The smallest absolute Gasteiger partial charge is 0.410 e. The van der Waals surface area contributed by atoms with Gasteiger partial charge in [0.25, 0.3) is 0 Å². The van der Waals surface area contributed by atoms with Crippen LogP contribution < -0.4 is 36.2 Å². The number of esters is 2. The molecule has 660 valence electrons. The lowest BCUT2D eigenvalue weighted by Gasteiger charge is -2.42. The number of piperazine rings is 2. The Labute approximate surface area is 712 Å². The number of carboxylic acid groups (broad SMARTS) is 1. The number of nitrogens with zero attached hydrogens (tertiary/aromatic N) is 4. The Kier molecular flexibility index (Phi) is 70.5. The maximum Gasteiger partial charge on any atom is 0.410 e. The zero-order chi connectivity index (χ0) is 88.5. The number of terminal acetylenes is 1. The van der Waals surface area contributed by atoms with Crippen molar-refractivity contribution in [3.05, 3.63) is 84.4 Å². The lowest BCUT2D eigenvalue weighted by atomic mass is 9.95. The fraction of sp³-hybridized carbons (Fsp3) is 0.663. The number of carbonyl (C=O) groups excluding carboxylic acids is 8. The second kappa shape index (κ2) is 71.0. The molecule has 29 heteroatoms. The van der Waals surface area contributed by atoms with E-state index in [0.717, 1.165) is 126 Å². The Hall–Kier alpha value is -7.15. The number of benzene rings is 3. The van der Waals surface area contributed by atoms with Crippen molar-refractivity contribution in [1.82, 2.24) is 25.8 Å². The SMILES string of the molecule is CCC(C)C(=O)CCC(=O)OC.CCC(C)C(=O)O.CCC1CC(=O)CNC1=O.CCC1CCCN(C(=O)OC(C)(C)C)C1.CCC1CCCNC1.CCC1CN(C(=O)OC(C)(C)C)CCN1c1cccc(OC)c1.CCC1CNCCN1c1cccc(O)c1.CO.COC(=O)CN.Cl.ClCCl.O=C(Cl)CCc1ccccc1.[2H]C#C. The Morgan fingerprint density at radius 1 is 0.643 bits per heavy atom. The Balaban J connectivity index is -0.000000403. The van der Waals surface area contributed by atoms with Crippen molar-refractivity contribution in [2.75, 3.05) is 122 Å². The molecule has 5 fully saturated rings. The number of aliphatic carboxylic acids is 1. The van der Waals surface area contributed by atoms with Crippen LogP contribution in [0.25, 0.3) is 0 Å². The van der Waals surface area contributed by atoms with Gasteiger partial charge in [0, 0.05) is 126 Å². The number of amides is 3. The average Bonchev–Trinajstić information content (AvgIpc) is 0.819. The zero-order valence-electron chi connectivity index (χ0n) is 73.6. The minimum atomic E-state index is -0.706. The first kappa shape index (κ1) is 114. The number of nitrogens with two attached hydrogens (primary N) is 1. The first-order valence-electron chi connectivity index (χ1n) is 40.3. The molecule has 5 aliphatic heterocycles. The van der Waals surface area contributed by atoms with Gasteiger partial charge in [-0.25, -0.2) is 9.59 Å². The number of ether oxygens (including phenoxy) is 5. The number of carboxylic acids is 1. The topological polar surface area (TPSA) is 336 Å². The molecule has 7 unspecified atom stereocenters. The van der Waals surface area contributed by atoms with Crippen molar-refractivity contribution in [1.29, 1.82) is 0 Å². The number of aromatic hydroxyl groups is 1. The molecule has 0 spiro atoms. The summed E-state index contributed by atoms with van der Waals surface area (Å²) in [5, 5.41) is 33.9. The van der Waals surface area contributed by atoms with Gasteiger partial charge in [-0.1, -0.05) is 118 Å². The van der Waals surface area contributed by atoms with Crippen molar-refractivity contribution in [2.45, 2.75) is 230 Å². The van der Waals surface area contributed by atoms with Gasteiger partial charge in [0.2, 0.25) is 11.1 Å². The van der Waals surface area contributed by atoms with E-state index in [0.29, 0.717) is 50.1 Å². The third kappa shape index (κ3) is 58.4.